The summed E-state index contributed by atoms with van der Waals surface area (Å²) in [6, 6.07) is 6.73. The zero-order chi connectivity index (χ0) is 14.8. The molecule has 1 atom stereocenters. The van der Waals surface area contributed by atoms with Crippen molar-refractivity contribution in [1.82, 2.24) is 0 Å². The number of halogens is 2. The molecule has 0 aliphatic heterocycles. The van der Waals surface area contributed by atoms with Crippen molar-refractivity contribution >= 4 is 22.9 Å². The van der Waals surface area contributed by atoms with Gasteiger partial charge in [-0.05, 0) is 55.0 Å². The molecule has 2 aromatic rings. The number of rotatable bonds is 3. The van der Waals surface area contributed by atoms with Crippen molar-refractivity contribution in [1.29, 1.82) is 0 Å². The Bertz CT molecular complexity index is 614. The van der Waals surface area contributed by atoms with Gasteiger partial charge in [-0.3, -0.25) is 0 Å². The topological polar surface area (TPSA) is 20.2 Å². The maximum absolute atomic E-state index is 13.8. The second-order valence-electron chi connectivity index (χ2n) is 5.61. The Kier molecular flexibility index (Phi) is 4.63. The van der Waals surface area contributed by atoms with Gasteiger partial charge in [0.05, 0.1) is 6.10 Å². The van der Waals surface area contributed by atoms with E-state index in [1.165, 1.54) is 35.8 Å². The van der Waals surface area contributed by atoms with E-state index in [9.17, 15) is 9.50 Å². The van der Waals surface area contributed by atoms with Crippen LogP contribution in [0.5, 0.6) is 0 Å². The van der Waals surface area contributed by atoms with Crippen LogP contribution in [0, 0.1) is 5.82 Å². The third-order valence-electron chi connectivity index (χ3n) is 4.02. The Labute approximate surface area is 133 Å². The number of hydrogen-bond donors (Lipinski definition) is 1. The van der Waals surface area contributed by atoms with Gasteiger partial charge in [0.1, 0.15) is 5.82 Å². The van der Waals surface area contributed by atoms with Crippen LogP contribution in [0.4, 0.5) is 4.39 Å². The molecule has 0 amide bonds. The average Bonchev–Trinajstić information content (AvgIpc) is 2.73. The Morgan fingerprint density at radius 2 is 2.00 bits per heavy atom. The second kappa shape index (κ2) is 6.47. The second-order valence-corrected chi connectivity index (χ2v) is 7.22. The number of fused-ring (bicyclic) bond motifs is 1. The highest BCUT2D eigenvalue weighted by molar-refractivity contribution is 7.12. The molecule has 21 heavy (non-hydrogen) atoms. The maximum Gasteiger partial charge on any atom is 0.127 e. The van der Waals surface area contributed by atoms with Crippen molar-refractivity contribution in [2.45, 2.75) is 44.6 Å². The number of aliphatic hydroxyl groups excluding tert-OH is 1. The van der Waals surface area contributed by atoms with Crippen LogP contribution in [0.25, 0.3) is 0 Å². The lowest BCUT2D eigenvalue weighted by molar-refractivity contribution is 0.181. The summed E-state index contributed by atoms with van der Waals surface area (Å²) in [7, 11) is 0. The Morgan fingerprint density at radius 3 is 2.81 bits per heavy atom. The predicted molar refractivity (Wildman–Crippen MR) is 85.7 cm³/mol. The van der Waals surface area contributed by atoms with Gasteiger partial charge in [0.25, 0.3) is 0 Å². The number of thiophene rings is 1. The summed E-state index contributed by atoms with van der Waals surface area (Å²) in [5.41, 5.74) is 1.89. The van der Waals surface area contributed by atoms with Gasteiger partial charge in [0.15, 0.2) is 0 Å². The van der Waals surface area contributed by atoms with Gasteiger partial charge in [-0.15, -0.1) is 11.3 Å². The molecule has 1 heterocycles. The normalized spacial score (nSPS) is 16.3. The highest BCUT2D eigenvalue weighted by Crippen LogP contribution is 2.33. The molecular formula is C17H18ClFOS. The molecule has 0 radical (unpaired) electrons. The summed E-state index contributed by atoms with van der Waals surface area (Å²) >= 11 is 7.44. The first-order chi connectivity index (χ1) is 10.1. The van der Waals surface area contributed by atoms with Crippen molar-refractivity contribution in [2.24, 2.45) is 0 Å². The summed E-state index contributed by atoms with van der Waals surface area (Å²) in [5, 5.41) is 10.8. The highest BCUT2D eigenvalue weighted by Gasteiger charge is 2.18. The van der Waals surface area contributed by atoms with E-state index >= 15 is 0 Å². The number of aliphatic hydroxyl groups is 1. The van der Waals surface area contributed by atoms with Gasteiger partial charge >= 0.3 is 0 Å². The van der Waals surface area contributed by atoms with Gasteiger partial charge in [0.2, 0.25) is 0 Å². The summed E-state index contributed by atoms with van der Waals surface area (Å²) in [6.07, 6.45) is 5.62. The van der Waals surface area contributed by atoms with Gasteiger partial charge in [0, 0.05) is 21.2 Å². The lowest BCUT2D eigenvalue weighted by Crippen LogP contribution is -2.01. The van der Waals surface area contributed by atoms with Crippen LogP contribution < -0.4 is 0 Å². The SMILES string of the molecule is OC(Cc1ccc(Cl)cc1F)c1cc2c(s1)CCCCC2. The zero-order valence-corrected chi connectivity index (χ0v) is 13.3. The minimum Gasteiger partial charge on any atom is -0.387 e. The minimum absolute atomic E-state index is 0.294. The monoisotopic (exact) mass is 324 g/mol. The van der Waals surface area contributed by atoms with Crippen LogP contribution in [0.1, 0.15) is 46.2 Å². The lowest BCUT2D eigenvalue weighted by Gasteiger charge is -2.09. The first-order valence-corrected chi connectivity index (χ1v) is 8.56. The standard InChI is InChI=1S/C17H18ClFOS/c18-13-7-6-11(14(19)10-13)8-15(20)17-9-12-4-2-1-3-5-16(12)21-17/h6-7,9-10,15,20H,1-5,8H2. The number of aryl methyl sites for hydroxylation is 2. The van der Waals surface area contributed by atoms with Gasteiger partial charge in [-0.1, -0.05) is 24.1 Å². The maximum atomic E-state index is 13.8. The molecule has 0 saturated heterocycles. The van der Waals surface area contributed by atoms with Crippen LogP contribution in [0.2, 0.25) is 5.02 Å². The predicted octanol–water partition coefficient (Wildman–Crippen LogP) is 5.09. The van der Waals surface area contributed by atoms with Crippen LogP contribution in [0.15, 0.2) is 24.3 Å². The molecular weight excluding hydrogens is 307 g/mol. The minimum atomic E-state index is -0.641. The largest absolute Gasteiger partial charge is 0.387 e. The fourth-order valence-electron chi connectivity index (χ4n) is 2.85. The summed E-state index contributed by atoms with van der Waals surface area (Å²) in [6.45, 7) is 0. The third-order valence-corrected chi connectivity index (χ3v) is 5.60. The van der Waals surface area contributed by atoms with Crippen molar-refractivity contribution in [3.63, 3.8) is 0 Å². The van der Waals surface area contributed by atoms with Crippen molar-refractivity contribution < 1.29 is 9.50 Å². The van der Waals surface area contributed by atoms with E-state index in [-0.39, 0.29) is 5.82 Å². The molecule has 3 rings (SSSR count). The molecule has 0 fully saturated rings. The fourth-order valence-corrected chi connectivity index (χ4v) is 4.25. The van der Waals surface area contributed by atoms with Crippen LogP contribution in [-0.4, -0.2) is 5.11 Å². The van der Waals surface area contributed by atoms with Crippen molar-refractivity contribution in [2.75, 3.05) is 0 Å². The molecule has 1 aromatic carbocycles. The molecule has 1 aliphatic carbocycles. The Morgan fingerprint density at radius 1 is 1.19 bits per heavy atom. The van der Waals surface area contributed by atoms with E-state index in [1.54, 1.807) is 23.5 Å². The van der Waals surface area contributed by atoms with Crippen LogP contribution in [-0.2, 0) is 19.3 Å². The van der Waals surface area contributed by atoms with E-state index in [0.29, 0.717) is 17.0 Å². The zero-order valence-electron chi connectivity index (χ0n) is 11.7. The summed E-state index contributed by atoms with van der Waals surface area (Å²) in [5.74, 6) is -0.348. The fraction of sp³-hybridized carbons (Fsp3) is 0.412. The molecule has 112 valence electrons. The van der Waals surface area contributed by atoms with Crippen LogP contribution in [0.3, 0.4) is 0 Å². The molecule has 4 heteroatoms. The van der Waals surface area contributed by atoms with E-state index in [4.69, 9.17) is 11.6 Å². The summed E-state index contributed by atoms with van der Waals surface area (Å²) in [4.78, 5) is 2.36. The number of hydrogen-bond acceptors (Lipinski definition) is 2. The van der Waals surface area contributed by atoms with E-state index in [0.717, 1.165) is 17.7 Å². The van der Waals surface area contributed by atoms with Crippen molar-refractivity contribution in [3.8, 4) is 0 Å². The molecule has 0 bridgehead atoms. The lowest BCUT2D eigenvalue weighted by atomic mass is 10.0. The van der Waals surface area contributed by atoms with Crippen molar-refractivity contribution in [3.05, 3.63) is 56.0 Å². The molecule has 1 aromatic heterocycles. The van der Waals surface area contributed by atoms with E-state index in [2.05, 4.69) is 6.07 Å². The third kappa shape index (κ3) is 3.47. The van der Waals surface area contributed by atoms with Gasteiger partial charge < -0.3 is 5.11 Å². The Balaban J connectivity index is 1.77. The highest BCUT2D eigenvalue weighted by atomic mass is 35.5. The first kappa shape index (κ1) is 15.0. The smallest absolute Gasteiger partial charge is 0.127 e. The quantitative estimate of drug-likeness (QED) is 0.780. The molecule has 0 saturated carbocycles. The molecule has 1 nitrogen and oxygen atoms in total. The molecule has 1 aliphatic rings. The first-order valence-electron chi connectivity index (χ1n) is 7.37. The summed E-state index contributed by atoms with van der Waals surface area (Å²) < 4.78 is 13.8. The average molecular weight is 325 g/mol. The van der Waals surface area contributed by atoms with E-state index < -0.39 is 6.10 Å². The molecule has 0 spiro atoms. The Hall–Kier alpha value is -0.900. The van der Waals surface area contributed by atoms with Gasteiger partial charge in [-0.2, -0.15) is 0 Å². The van der Waals surface area contributed by atoms with E-state index in [1.807, 2.05) is 0 Å². The van der Waals surface area contributed by atoms with Crippen LogP contribution >= 0.6 is 22.9 Å². The van der Waals surface area contributed by atoms with Gasteiger partial charge in [-0.25, -0.2) is 4.39 Å². The molecule has 1 unspecified atom stereocenters. The number of benzene rings is 1. The molecule has 1 N–H and O–H groups in total.